The Labute approximate surface area is 130 Å². The largest absolute Gasteiger partial charge is 0.352 e. The molecule has 110 valence electrons. The van der Waals surface area contributed by atoms with Crippen LogP contribution in [0.5, 0.6) is 0 Å². The maximum Gasteiger partial charge on any atom is 0.261 e. The van der Waals surface area contributed by atoms with E-state index < -0.39 is 0 Å². The highest BCUT2D eigenvalue weighted by Gasteiger charge is 2.28. The van der Waals surface area contributed by atoms with E-state index in [0.29, 0.717) is 16.8 Å². The smallest absolute Gasteiger partial charge is 0.261 e. The molecule has 1 aromatic heterocycles. The first-order chi connectivity index (χ1) is 10.0. The third kappa shape index (κ3) is 3.15. The summed E-state index contributed by atoms with van der Waals surface area (Å²) in [5, 5.41) is 3.45. The highest BCUT2D eigenvalue weighted by Crippen LogP contribution is 2.32. The highest BCUT2D eigenvalue weighted by atomic mass is 79.9. The molecule has 1 aromatic carbocycles. The van der Waals surface area contributed by atoms with Crippen LogP contribution in [0.25, 0.3) is 10.9 Å². The SMILES string of the molecule is C[C@H](NC(=O)Cn1cnc2ccc(Br)cc2c1=O)C1CC1. The first-order valence-electron chi connectivity index (χ1n) is 6.98. The number of benzene rings is 1. The van der Waals surface area contributed by atoms with Crippen LogP contribution in [-0.2, 0) is 11.3 Å². The Kier molecular flexibility index (Phi) is 3.80. The molecule has 21 heavy (non-hydrogen) atoms. The molecule has 0 saturated heterocycles. The summed E-state index contributed by atoms with van der Waals surface area (Å²) in [6.07, 6.45) is 3.78. The van der Waals surface area contributed by atoms with Crippen molar-refractivity contribution in [2.24, 2.45) is 5.92 Å². The van der Waals surface area contributed by atoms with Crippen LogP contribution in [0.3, 0.4) is 0 Å². The molecule has 0 unspecified atom stereocenters. The molecule has 1 atom stereocenters. The zero-order valence-corrected chi connectivity index (χ0v) is 13.3. The lowest BCUT2D eigenvalue weighted by Crippen LogP contribution is -2.38. The minimum absolute atomic E-state index is 0.00530. The Hall–Kier alpha value is -1.69. The fourth-order valence-electron chi connectivity index (χ4n) is 2.41. The second-order valence-corrected chi connectivity index (χ2v) is 6.45. The number of nitrogens with one attached hydrogen (secondary N) is 1. The molecule has 6 heteroatoms. The topological polar surface area (TPSA) is 64.0 Å². The Bertz CT molecular complexity index is 752. The monoisotopic (exact) mass is 349 g/mol. The number of nitrogens with zero attached hydrogens (tertiary/aromatic N) is 2. The van der Waals surface area contributed by atoms with Crippen LogP contribution >= 0.6 is 15.9 Å². The van der Waals surface area contributed by atoms with Gasteiger partial charge in [0, 0.05) is 10.5 Å². The minimum Gasteiger partial charge on any atom is -0.352 e. The quantitative estimate of drug-likeness (QED) is 0.918. The van der Waals surface area contributed by atoms with Crippen molar-refractivity contribution in [1.29, 1.82) is 0 Å². The van der Waals surface area contributed by atoms with Crippen molar-refractivity contribution in [1.82, 2.24) is 14.9 Å². The van der Waals surface area contributed by atoms with Crippen molar-refractivity contribution in [2.75, 3.05) is 0 Å². The molecule has 2 aromatic rings. The van der Waals surface area contributed by atoms with Gasteiger partial charge in [-0.3, -0.25) is 14.2 Å². The van der Waals surface area contributed by atoms with Gasteiger partial charge in [0.25, 0.3) is 5.56 Å². The second kappa shape index (κ2) is 5.60. The molecule has 1 saturated carbocycles. The van der Waals surface area contributed by atoms with Gasteiger partial charge in [0.1, 0.15) is 6.54 Å². The van der Waals surface area contributed by atoms with Gasteiger partial charge < -0.3 is 5.32 Å². The summed E-state index contributed by atoms with van der Waals surface area (Å²) in [7, 11) is 0. The van der Waals surface area contributed by atoms with E-state index in [2.05, 4.69) is 26.2 Å². The molecule has 1 aliphatic rings. The summed E-state index contributed by atoms with van der Waals surface area (Å²) in [6.45, 7) is 2.01. The van der Waals surface area contributed by atoms with Crippen LogP contribution in [0.2, 0.25) is 0 Å². The van der Waals surface area contributed by atoms with Crippen molar-refractivity contribution >= 4 is 32.7 Å². The van der Waals surface area contributed by atoms with E-state index in [4.69, 9.17) is 0 Å². The van der Waals surface area contributed by atoms with Gasteiger partial charge in [-0.15, -0.1) is 0 Å². The summed E-state index contributed by atoms with van der Waals surface area (Å²) in [5.41, 5.74) is 0.432. The molecule has 1 amide bonds. The standard InChI is InChI=1S/C15H16BrN3O2/c1-9(10-2-3-10)18-14(20)7-19-8-17-13-5-4-11(16)6-12(13)15(19)21/h4-6,8-10H,2-3,7H2,1H3,(H,18,20)/t9-/m0/s1. The molecule has 0 aliphatic heterocycles. The van der Waals surface area contributed by atoms with Crippen LogP contribution in [0.4, 0.5) is 0 Å². The van der Waals surface area contributed by atoms with E-state index >= 15 is 0 Å². The first kappa shape index (κ1) is 14.3. The van der Waals surface area contributed by atoms with Crippen molar-refractivity contribution in [3.8, 4) is 0 Å². The highest BCUT2D eigenvalue weighted by molar-refractivity contribution is 9.10. The van der Waals surface area contributed by atoms with Crippen LogP contribution in [0.1, 0.15) is 19.8 Å². The van der Waals surface area contributed by atoms with Gasteiger partial charge in [0.2, 0.25) is 5.91 Å². The lowest BCUT2D eigenvalue weighted by molar-refractivity contribution is -0.122. The predicted octanol–water partition coefficient (Wildman–Crippen LogP) is 2.07. The number of rotatable bonds is 4. The van der Waals surface area contributed by atoms with Crippen molar-refractivity contribution in [3.05, 3.63) is 39.4 Å². The van der Waals surface area contributed by atoms with Crippen LogP contribution < -0.4 is 10.9 Å². The number of aromatic nitrogens is 2. The zero-order valence-electron chi connectivity index (χ0n) is 11.7. The van der Waals surface area contributed by atoms with Gasteiger partial charge in [0.15, 0.2) is 0 Å². The Morgan fingerprint density at radius 1 is 1.52 bits per heavy atom. The van der Waals surface area contributed by atoms with Gasteiger partial charge >= 0.3 is 0 Å². The molecule has 1 fully saturated rings. The van der Waals surface area contributed by atoms with Gasteiger partial charge in [0.05, 0.1) is 17.2 Å². The van der Waals surface area contributed by atoms with E-state index in [-0.39, 0.29) is 24.1 Å². The Morgan fingerprint density at radius 3 is 3.00 bits per heavy atom. The zero-order chi connectivity index (χ0) is 15.0. The lowest BCUT2D eigenvalue weighted by Gasteiger charge is -2.13. The third-order valence-corrected chi connectivity index (χ3v) is 4.31. The van der Waals surface area contributed by atoms with E-state index in [1.807, 2.05) is 13.0 Å². The number of carbonyl (C=O) groups is 1. The normalized spacial score (nSPS) is 15.9. The molecule has 0 spiro atoms. The maximum atomic E-state index is 12.4. The van der Waals surface area contributed by atoms with Crippen LogP contribution in [0.15, 0.2) is 33.8 Å². The molecular formula is C15H16BrN3O2. The van der Waals surface area contributed by atoms with Gasteiger partial charge in [-0.05, 0) is 43.9 Å². The molecule has 3 rings (SSSR count). The number of amides is 1. The summed E-state index contributed by atoms with van der Waals surface area (Å²) in [4.78, 5) is 28.6. The molecule has 1 N–H and O–H groups in total. The fraction of sp³-hybridized carbons (Fsp3) is 0.400. The summed E-state index contributed by atoms with van der Waals surface area (Å²) in [6, 6.07) is 5.52. The average molecular weight is 350 g/mol. The van der Waals surface area contributed by atoms with Gasteiger partial charge in [-0.2, -0.15) is 0 Å². The van der Waals surface area contributed by atoms with E-state index in [9.17, 15) is 9.59 Å². The van der Waals surface area contributed by atoms with Crippen LogP contribution in [-0.4, -0.2) is 21.5 Å². The van der Waals surface area contributed by atoms with Crippen molar-refractivity contribution in [2.45, 2.75) is 32.4 Å². The molecule has 5 nitrogen and oxygen atoms in total. The predicted molar refractivity (Wildman–Crippen MR) is 84.0 cm³/mol. The molecular weight excluding hydrogens is 334 g/mol. The van der Waals surface area contributed by atoms with E-state index in [0.717, 1.165) is 4.47 Å². The number of hydrogen-bond acceptors (Lipinski definition) is 3. The van der Waals surface area contributed by atoms with Crippen molar-refractivity contribution < 1.29 is 4.79 Å². The molecule has 1 aliphatic carbocycles. The number of carbonyl (C=O) groups excluding carboxylic acids is 1. The summed E-state index contributed by atoms with van der Waals surface area (Å²) >= 11 is 3.34. The summed E-state index contributed by atoms with van der Waals surface area (Å²) in [5.74, 6) is 0.448. The summed E-state index contributed by atoms with van der Waals surface area (Å²) < 4.78 is 2.17. The third-order valence-electron chi connectivity index (χ3n) is 3.82. The van der Waals surface area contributed by atoms with Gasteiger partial charge in [-0.25, -0.2) is 4.98 Å². The number of hydrogen-bond donors (Lipinski definition) is 1. The molecule has 1 heterocycles. The molecule has 0 radical (unpaired) electrons. The average Bonchev–Trinajstić information content (AvgIpc) is 3.27. The fourth-order valence-corrected chi connectivity index (χ4v) is 2.77. The van der Waals surface area contributed by atoms with Crippen molar-refractivity contribution in [3.63, 3.8) is 0 Å². The Balaban J connectivity index is 1.81. The van der Waals surface area contributed by atoms with E-state index in [1.54, 1.807) is 12.1 Å². The maximum absolute atomic E-state index is 12.4. The first-order valence-corrected chi connectivity index (χ1v) is 7.78. The number of fused-ring (bicyclic) bond motifs is 1. The van der Waals surface area contributed by atoms with Crippen LogP contribution in [0, 0.1) is 5.92 Å². The van der Waals surface area contributed by atoms with E-state index in [1.165, 1.54) is 23.7 Å². The Morgan fingerprint density at radius 2 is 2.29 bits per heavy atom. The second-order valence-electron chi connectivity index (χ2n) is 5.53. The number of halogens is 1. The van der Waals surface area contributed by atoms with Gasteiger partial charge in [-0.1, -0.05) is 15.9 Å². The minimum atomic E-state index is -0.199. The molecule has 0 bridgehead atoms. The lowest BCUT2D eigenvalue weighted by atomic mass is 10.2.